The van der Waals surface area contributed by atoms with Crippen molar-refractivity contribution in [2.24, 2.45) is 5.73 Å². The van der Waals surface area contributed by atoms with Gasteiger partial charge in [0.05, 0.1) is 12.1 Å². The van der Waals surface area contributed by atoms with Gasteiger partial charge in [-0.15, -0.1) is 0 Å². The van der Waals surface area contributed by atoms with Crippen LogP contribution in [-0.4, -0.2) is 7.11 Å². The average Bonchev–Trinajstić information content (AvgIpc) is 2.19. The molecule has 1 atom stereocenters. The summed E-state index contributed by atoms with van der Waals surface area (Å²) in [5.74, 6) is 0.818. The molecule has 15 heavy (non-hydrogen) atoms. The van der Waals surface area contributed by atoms with Gasteiger partial charge in [-0.25, -0.2) is 0 Å². The lowest BCUT2D eigenvalue weighted by atomic mass is 9.99. The van der Waals surface area contributed by atoms with E-state index in [-0.39, 0.29) is 4.95 Å². The Balaban J connectivity index is 3.62. The molecule has 1 aromatic rings. The van der Waals surface area contributed by atoms with E-state index in [9.17, 15) is 0 Å². The molecule has 0 amide bonds. The summed E-state index contributed by atoms with van der Waals surface area (Å²) in [5.41, 5.74) is 9.84. The van der Waals surface area contributed by atoms with Crippen LogP contribution in [0.5, 0.6) is 5.75 Å². The van der Waals surface area contributed by atoms with Crippen LogP contribution in [0.3, 0.4) is 0 Å². The van der Waals surface area contributed by atoms with E-state index in [1.165, 1.54) is 0 Å². The van der Waals surface area contributed by atoms with Crippen molar-refractivity contribution in [3.8, 4) is 5.75 Å². The van der Waals surface area contributed by atoms with Gasteiger partial charge in [0.25, 0.3) is 0 Å². The first-order valence-corrected chi connectivity index (χ1v) is 5.94. The summed E-state index contributed by atoms with van der Waals surface area (Å²) >= 11 is 9.59. The number of alkyl halides is 1. The minimum absolute atomic E-state index is 0.260. The average molecular weight is 293 g/mol. The van der Waals surface area contributed by atoms with Crippen molar-refractivity contribution in [3.05, 3.63) is 27.3 Å². The highest BCUT2D eigenvalue weighted by atomic mass is 79.9. The van der Waals surface area contributed by atoms with Gasteiger partial charge in [0.2, 0.25) is 0 Å². The van der Waals surface area contributed by atoms with Gasteiger partial charge >= 0.3 is 0 Å². The molecule has 0 saturated carbocycles. The Labute approximate surface area is 104 Å². The molecule has 0 aliphatic carbocycles. The highest BCUT2D eigenvalue weighted by Crippen LogP contribution is 2.39. The Hall–Kier alpha value is -0.250. The van der Waals surface area contributed by atoms with Gasteiger partial charge in [-0.2, -0.15) is 0 Å². The van der Waals surface area contributed by atoms with Crippen LogP contribution in [0.1, 0.15) is 27.2 Å². The third-order valence-electron chi connectivity index (χ3n) is 2.69. The lowest BCUT2D eigenvalue weighted by Crippen LogP contribution is -2.09. The number of ether oxygens (including phenoxy) is 1. The van der Waals surface area contributed by atoms with E-state index in [1.54, 1.807) is 7.11 Å². The summed E-state index contributed by atoms with van der Waals surface area (Å²) in [6.07, 6.45) is 0. The van der Waals surface area contributed by atoms with Crippen LogP contribution < -0.4 is 10.5 Å². The summed E-state index contributed by atoms with van der Waals surface area (Å²) in [7, 11) is 1.65. The molecule has 0 aliphatic heterocycles. The molecule has 0 aliphatic rings. The molecule has 0 spiro atoms. The van der Waals surface area contributed by atoms with Crippen LogP contribution in [0.25, 0.3) is 0 Å². The molecule has 2 N–H and O–H groups in total. The molecule has 0 heterocycles. The largest absolute Gasteiger partial charge is 0.496 e. The Kier molecular flexibility index (Phi) is 4.04. The lowest BCUT2D eigenvalue weighted by Gasteiger charge is -2.19. The Morgan fingerprint density at radius 3 is 2.13 bits per heavy atom. The molecule has 1 aromatic carbocycles. The van der Waals surface area contributed by atoms with E-state index in [0.717, 1.165) is 33.0 Å². The van der Waals surface area contributed by atoms with E-state index < -0.39 is 0 Å². The number of benzene rings is 1. The molecule has 0 fully saturated rings. The van der Waals surface area contributed by atoms with Crippen molar-refractivity contribution in [2.75, 3.05) is 7.11 Å². The molecule has 2 nitrogen and oxygen atoms in total. The Bertz CT molecular complexity index is 391. The maximum atomic E-state index is 6.23. The first-order valence-electron chi connectivity index (χ1n) is 4.64. The van der Waals surface area contributed by atoms with Gasteiger partial charge < -0.3 is 10.5 Å². The monoisotopic (exact) mass is 291 g/mol. The number of rotatable bonds is 2. The fourth-order valence-corrected chi connectivity index (χ4v) is 2.50. The molecule has 84 valence electrons. The Morgan fingerprint density at radius 1 is 1.20 bits per heavy atom. The zero-order chi connectivity index (χ0) is 11.7. The van der Waals surface area contributed by atoms with Gasteiger partial charge in [-0.05, 0) is 37.5 Å². The molecule has 1 unspecified atom stereocenters. The zero-order valence-corrected chi connectivity index (χ0v) is 11.7. The third kappa shape index (κ3) is 2.14. The van der Waals surface area contributed by atoms with Crippen molar-refractivity contribution in [2.45, 2.75) is 25.7 Å². The number of hydrogen-bond donors (Lipinski definition) is 1. The van der Waals surface area contributed by atoms with E-state index >= 15 is 0 Å². The van der Waals surface area contributed by atoms with E-state index in [0.29, 0.717) is 0 Å². The number of hydrogen-bond acceptors (Lipinski definition) is 2. The van der Waals surface area contributed by atoms with Crippen molar-refractivity contribution in [1.29, 1.82) is 0 Å². The van der Waals surface area contributed by atoms with Crippen molar-refractivity contribution in [3.63, 3.8) is 0 Å². The fraction of sp³-hybridized carbons (Fsp3) is 0.455. The second kappa shape index (κ2) is 4.73. The Morgan fingerprint density at radius 2 is 1.73 bits per heavy atom. The fourth-order valence-electron chi connectivity index (χ4n) is 1.70. The molecule has 0 aromatic heterocycles. The standard InChI is InChI=1S/C11H15BrClNO/c1-5-6(2)10(15-4)8(11(12)14)7(3)9(5)13/h11H,14H2,1-4H3. The highest BCUT2D eigenvalue weighted by molar-refractivity contribution is 9.09. The zero-order valence-electron chi connectivity index (χ0n) is 9.32. The van der Waals surface area contributed by atoms with Crippen molar-refractivity contribution < 1.29 is 4.74 Å². The first kappa shape index (κ1) is 12.8. The van der Waals surface area contributed by atoms with Gasteiger partial charge in [0, 0.05) is 10.6 Å². The van der Waals surface area contributed by atoms with Crippen molar-refractivity contribution in [1.82, 2.24) is 0 Å². The van der Waals surface area contributed by atoms with Crippen molar-refractivity contribution >= 4 is 27.5 Å². The van der Waals surface area contributed by atoms with Crippen LogP contribution in [0.2, 0.25) is 5.02 Å². The molecule has 4 heteroatoms. The maximum Gasteiger partial charge on any atom is 0.128 e. The summed E-state index contributed by atoms with van der Waals surface area (Å²) < 4.78 is 5.39. The van der Waals surface area contributed by atoms with Gasteiger partial charge in [0.15, 0.2) is 0 Å². The van der Waals surface area contributed by atoms with Crippen LogP contribution >= 0.6 is 27.5 Å². The van der Waals surface area contributed by atoms with Crippen LogP contribution in [0, 0.1) is 20.8 Å². The van der Waals surface area contributed by atoms with E-state index in [1.807, 2.05) is 20.8 Å². The minimum Gasteiger partial charge on any atom is -0.496 e. The van der Waals surface area contributed by atoms with Gasteiger partial charge in [-0.1, -0.05) is 27.5 Å². The molecule has 0 saturated heterocycles. The summed E-state index contributed by atoms with van der Waals surface area (Å²) in [6, 6.07) is 0. The lowest BCUT2D eigenvalue weighted by molar-refractivity contribution is 0.405. The van der Waals surface area contributed by atoms with Crippen LogP contribution in [0.4, 0.5) is 0 Å². The molecule has 1 rings (SSSR count). The smallest absolute Gasteiger partial charge is 0.128 e. The quantitative estimate of drug-likeness (QED) is 0.667. The van der Waals surface area contributed by atoms with Crippen LogP contribution in [-0.2, 0) is 0 Å². The molecular weight excluding hydrogens is 277 g/mol. The maximum absolute atomic E-state index is 6.23. The topological polar surface area (TPSA) is 35.2 Å². The van der Waals surface area contributed by atoms with Crippen LogP contribution in [0.15, 0.2) is 0 Å². The summed E-state index contributed by atoms with van der Waals surface area (Å²) in [6.45, 7) is 5.92. The predicted molar refractivity (Wildman–Crippen MR) is 68.1 cm³/mol. The summed E-state index contributed by atoms with van der Waals surface area (Å²) in [4.78, 5) is -0.260. The second-order valence-electron chi connectivity index (χ2n) is 3.54. The normalized spacial score (nSPS) is 12.7. The number of methoxy groups -OCH3 is 1. The predicted octanol–water partition coefficient (Wildman–Crippen LogP) is 3.63. The van der Waals surface area contributed by atoms with Gasteiger partial charge in [-0.3, -0.25) is 0 Å². The number of halogens is 2. The third-order valence-corrected chi connectivity index (χ3v) is 3.71. The highest BCUT2D eigenvalue weighted by Gasteiger charge is 2.19. The second-order valence-corrected chi connectivity index (χ2v) is 4.90. The number of nitrogens with two attached hydrogens (primary N) is 1. The molecular formula is C11H15BrClNO. The first-order chi connectivity index (χ1) is 6.91. The molecule has 0 radical (unpaired) electrons. The van der Waals surface area contributed by atoms with E-state index in [2.05, 4.69) is 15.9 Å². The van der Waals surface area contributed by atoms with Gasteiger partial charge in [0.1, 0.15) is 5.75 Å². The SMILES string of the molecule is COc1c(C)c(C)c(Cl)c(C)c1C(N)Br. The van der Waals surface area contributed by atoms with E-state index in [4.69, 9.17) is 22.1 Å². The minimum atomic E-state index is -0.260. The molecule has 0 bridgehead atoms. The summed E-state index contributed by atoms with van der Waals surface area (Å²) in [5, 5.41) is 0.762.